The predicted octanol–water partition coefficient (Wildman–Crippen LogP) is 3.49. The van der Waals surface area contributed by atoms with Crippen molar-refractivity contribution in [3.05, 3.63) is 88.4 Å². The fraction of sp³-hybridized carbons (Fsp3) is 0.292. The summed E-state index contributed by atoms with van der Waals surface area (Å²) in [4.78, 5) is 27.8. The molecule has 0 radical (unpaired) electrons. The lowest BCUT2D eigenvalue weighted by Gasteiger charge is -2.39. The number of methoxy groups -OCH3 is 1. The van der Waals surface area contributed by atoms with E-state index in [1.165, 1.54) is 18.2 Å². The molecule has 1 aromatic heterocycles. The van der Waals surface area contributed by atoms with Gasteiger partial charge in [0.2, 0.25) is 0 Å². The van der Waals surface area contributed by atoms with Crippen LogP contribution in [0.2, 0.25) is 0 Å². The van der Waals surface area contributed by atoms with Gasteiger partial charge in [0.1, 0.15) is 11.5 Å². The summed E-state index contributed by atoms with van der Waals surface area (Å²) in [7, 11) is 1.65. The maximum absolute atomic E-state index is 12.7. The molecule has 3 aromatic rings. The van der Waals surface area contributed by atoms with Gasteiger partial charge in [0.25, 0.3) is 11.6 Å². The molecule has 1 aliphatic heterocycles. The fourth-order valence-corrected chi connectivity index (χ4v) is 4.03. The molecular formula is C24H26N4O5. The summed E-state index contributed by atoms with van der Waals surface area (Å²) in [5.41, 5.74) is 1.29. The predicted molar refractivity (Wildman–Crippen MR) is 124 cm³/mol. The van der Waals surface area contributed by atoms with Crippen LogP contribution in [0.5, 0.6) is 5.75 Å². The number of benzene rings is 2. The Kier molecular flexibility index (Phi) is 6.89. The number of nitrogens with zero attached hydrogens (tertiary/aromatic N) is 3. The van der Waals surface area contributed by atoms with Gasteiger partial charge < -0.3 is 19.4 Å². The quantitative estimate of drug-likeness (QED) is 0.414. The summed E-state index contributed by atoms with van der Waals surface area (Å²) in [6.45, 7) is 3.59. The van der Waals surface area contributed by atoms with E-state index in [-0.39, 0.29) is 23.2 Å². The minimum Gasteiger partial charge on any atom is -0.497 e. The molecule has 0 unspecified atom stereocenters. The molecule has 172 valence electrons. The van der Waals surface area contributed by atoms with Crippen LogP contribution in [0.25, 0.3) is 0 Å². The molecule has 0 bridgehead atoms. The summed E-state index contributed by atoms with van der Waals surface area (Å²) in [6.07, 6.45) is 1.62. The highest BCUT2D eigenvalue weighted by atomic mass is 16.6. The highest BCUT2D eigenvalue weighted by Crippen LogP contribution is 2.25. The summed E-state index contributed by atoms with van der Waals surface area (Å²) in [5, 5.41) is 13.9. The van der Waals surface area contributed by atoms with Crippen molar-refractivity contribution in [1.82, 2.24) is 10.2 Å². The van der Waals surface area contributed by atoms with E-state index < -0.39 is 4.92 Å². The summed E-state index contributed by atoms with van der Waals surface area (Å²) in [6, 6.07) is 17.3. The highest BCUT2D eigenvalue weighted by molar-refractivity contribution is 5.94. The standard InChI is InChI=1S/C24H26N4O5/c1-32-21-9-7-19(8-10-21)26-11-13-27(14-12-26)22(23-6-3-15-33-23)17-25-24(29)18-4-2-5-20(16-18)28(30)31/h2-10,15-16,22H,11-14,17H2,1H3,(H,25,29)/t22-/m0/s1. The van der Waals surface area contributed by atoms with Crippen molar-refractivity contribution in [3.63, 3.8) is 0 Å². The first-order valence-electron chi connectivity index (χ1n) is 10.7. The van der Waals surface area contributed by atoms with E-state index in [0.717, 1.165) is 43.4 Å². The Labute approximate surface area is 191 Å². The first kappa shape index (κ1) is 22.3. The number of hydrogen-bond acceptors (Lipinski definition) is 7. The number of carbonyl (C=O) groups excluding carboxylic acids is 1. The number of non-ortho nitro benzene ring substituents is 1. The van der Waals surface area contributed by atoms with Crippen LogP contribution in [0, 0.1) is 10.1 Å². The van der Waals surface area contributed by atoms with Crippen molar-refractivity contribution in [2.24, 2.45) is 0 Å². The first-order chi connectivity index (χ1) is 16.0. The monoisotopic (exact) mass is 450 g/mol. The van der Waals surface area contributed by atoms with Gasteiger partial charge in [-0.3, -0.25) is 19.8 Å². The van der Waals surface area contributed by atoms with Gasteiger partial charge in [-0.2, -0.15) is 0 Å². The third kappa shape index (κ3) is 5.32. The maximum Gasteiger partial charge on any atom is 0.270 e. The zero-order valence-electron chi connectivity index (χ0n) is 18.3. The number of rotatable bonds is 8. The second-order valence-corrected chi connectivity index (χ2v) is 7.77. The summed E-state index contributed by atoms with van der Waals surface area (Å²) in [5.74, 6) is 1.24. The Morgan fingerprint density at radius 1 is 1.12 bits per heavy atom. The van der Waals surface area contributed by atoms with Crippen molar-refractivity contribution in [3.8, 4) is 5.75 Å². The minimum atomic E-state index is -0.509. The number of carbonyl (C=O) groups is 1. The van der Waals surface area contributed by atoms with Crippen molar-refractivity contribution >= 4 is 17.3 Å². The molecule has 9 heteroatoms. The van der Waals surface area contributed by atoms with Crippen LogP contribution in [0.15, 0.2) is 71.3 Å². The lowest BCUT2D eigenvalue weighted by molar-refractivity contribution is -0.384. The van der Waals surface area contributed by atoms with Crippen LogP contribution in [0.3, 0.4) is 0 Å². The average molecular weight is 450 g/mol. The van der Waals surface area contributed by atoms with E-state index in [2.05, 4.69) is 27.2 Å². The lowest BCUT2D eigenvalue weighted by Crippen LogP contribution is -2.49. The summed E-state index contributed by atoms with van der Waals surface area (Å²) >= 11 is 0. The van der Waals surface area contributed by atoms with Gasteiger partial charge in [-0.05, 0) is 42.5 Å². The van der Waals surface area contributed by atoms with Crippen molar-refractivity contribution < 1.29 is 18.9 Å². The number of furan rings is 1. The molecule has 0 saturated carbocycles. The molecule has 0 aliphatic carbocycles. The molecule has 1 N–H and O–H groups in total. The SMILES string of the molecule is COc1ccc(N2CCN([C@@H](CNC(=O)c3cccc([N+](=O)[O-])c3)c3ccco3)CC2)cc1. The van der Waals surface area contributed by atoms with Crippen LogP contribution in [0.1, 0.15) is 22.2 Å². The topological polar surface area (TPSA) is 101 Å². The number of piperazine rings is 1. The third-order valence-electron chi connectivity index (χ3n) is 5.84. The number of nitro benzene ring substituents is 1. The largest absolute Gasteiger partial charge is 0.497 e. The fourth-order valence-electron chi connectivity index (χ4n) is 4.03. The van der Waals surface area contributed by atoms with Crippen LogP contribution >= 0.6 is 0 Å². The number of anilines is 1. The number of nitrogens with one attached hydrogen (secondary N) is 1. The van der Waals surface area contributed by atoms with E-state index in [4.69, 9.17) is 9.15 Å². The van der Waals surface area contributed by atoms with Crippen molar-refractivity contribution in [2.45, 2.75) is 6.04 Å². The van der Waals surface area contributed by atoms with Gasteiger partial charge in [-0.1, -0.05) is 6.07 Å². The van der Waals surface area contributed by atoms with E-state index in [9.17, 15) is 14.9 Å². The first-order valence-corrected chi connectivity index (χ1v) is 10.7. The zero-order valence-corrected chi connectivity index (χ0v) is 18.3. The van der Waals surface area contributed by atoms with Crippen LogP contribution in [-0.2, 0) is 0 Å². The maximum atomic E-state index is 12.7. The Morgan fingerprint density at radius 3 is 2.52 bits per heavy atom. The van der Waals surface area contributed by atoms with Gasteiger partial charge in [0, 0.05) is 56.1 Å². The van der Waals surface area contributed by atoms with Gasteiger partial charge >= 0.3 is 0 Å². The molecule has 1 fully saturated rings. The molecule has 2 aromatic carbocycles. The molecule has 1 amide bonds. The van der Waals surface area contributed by atoms with Gasteiger partial charge in [0.05, 0.1) is 24.3 Å². The van der Waals surface area contributed by atoms with Gasteiger partial charge in [-0.25, -0.2) is 0 Å². The Hall–Kier alpha value is -3.85. The number of hydrogen-bond donors (Lipinski definition) is 1. The Bertz CT molecular complexity index is 1080. The number of amides is 1. The molecule has 1 aliphatic rings. The van der Waals surface area contributed by atoms with Crippen molar-refractivity contribution in [1.29, 1.82) is 0 Å². The Balaban J connectivity index is 1.40. The van der Waals surface area contributed by atoms with E-state index >= 15 is 0 Å². The van der Waals surface area contributed by atoms with Crippen molar-refractivity contribution in [2.75, 3.05) is 44.7 Å². The van der Waals surface area contributed by atoms with E-state index in [1.807, 2.05) is 24.3 Å². The zero-order chi connectivity index (χ0) is 23.2. The Morgan fingerprint density at radius 2 is 1.88 bits per heavy atom. The normalized spacial score (nSPS) is 15.1. The van der Waals surface area contributed by atoms with Crippen LogP contribution in [0.4, 0.5) is 11.4 Å². The van der Waals surface area contributed by atoms with Crippen LogP contribution in [-0.4, -0.2) is 55.6 Å². The molecule has 1 saturated heterocycles. The molecule has 4 rings (SSSR count). The number of nitro groups is 1. The molecule has 0 spiro atoms. The second-order valence-electron chi connectivity index (χ2n) is 7.77. The molecule has 2 heterocycles. The van der Waals surface area contributed by atoms with Gasteiger partial charge in [0.15, 0.2) is 0 Å². The summed E-state index contributed by atoms with van der Waals surface area (Å²) < 4.78 is 10.9. The van der Waals surface area contributed by atoms with Gasteiger partial charge in [-0.15, -0.1) is 0 Å². The third-order valence-corrected chi connectivity index (χ3v) is 5.84. The highest BCUT2D eigenvalue weighted by Gasteiger charge is 2.27. The van der Waals surface area contributed by atoms with Crippen LogP contribution < -0.4 is 15.0 Å². The number of ether oxygens (including phenoxy) is 1. The molecule has 9 nitrogen and oxygen atoms in total. The van der Waals surface area contributed by atoms with E-state index in [1.54, 1.807) is 19.4 Å². The van der Waals surface area contributed by atoms with E-state index in [0.29, 0.717) is 6.54 Å². The smallest absolute Gasteiger partial charge is 0.270 e. The molecule has 33 heavy (non-hydrogen) atoms. The lowest BCUT2D eigenvalue weighted by atomic mass is 10.1. The minimum absolute atomic E-state index is 0.111. The average Bonchev–Trinajstić information content (AvgIpc) is 3.39. The molecule has 1 atom stereocenters. The molecular weight excluding hydrogens is 424 g/mol. The second kappa shape index (κ2) is 10.2.